The molecule has 5 rings (SSSR count). The molecule has 11 heteroatoms. The van der Waals surface area contributed by atoms with Crippen molar-refractivity contribution < 1.29 is 18.0 Å². The van der Waals surface area contributed by atoms with Gasteiger partial charge in [-0.05, 0) is 37.3 Å². The number of H-pyrrole nitrogens is 1. The topological polar surface area (TPSA) is 108 Å². The van der Waals surface area contributed by atoms with Gasteiger partial charge >= 0.3 is 5.76 Å². The molecule has 3 N–H and O–H groups in total. The van der Waals surface area contributed by atoms with Crippen LogP contribution in [0, 0.1) is 18.6 Å². The van der Waals surface area contributed by atoms with Gasteiger partial charge in [-0.3, -0.25) is 15.2 Å². The number of aromatic amines is 1. The molecular weight excluding hydrogens is 410 g/mol. The fourth-order valence-electron chi connectivity index (χ4n) is 3.27. The molecule has 0 unspecified atom stereocenters. The minimum absolute atomic E-state index is 0.0119. The minimum atomic E-state index is -0.718. The maximum atomic E-state index is 14.8. The largest absolute Gasteiger partial charge is 0.417 e. The van der Waals surface area contributed by atoms with Crippen LogP contribution in [0.5, 0.6) is 0 Å². The zero-order chi connectivity index (χ0) is 21.5. The molecule has 0 amide bonds. The number of hydrazine groups is 1. The van der Waals surface area contributed by atoms with Gasteiger partial charge in [-0.1, -0.05) is 0 Å². The van der Waals surface area contributed by atoms with E-state index >= 15 is 0 Å². The Labute approximate surface area is 173 Å². The van der Waals surface area contributed by atoms with Crippen LogP contribution in [0.3, 0.4) is 0 Å². The standard InChI is InChI=1S/C20H16F2N6O3/c1-10-9-23-19-24-14-4-3-13(21)12(17(14)22)6-7-30-28(18(10)26-19)27-11-2-5-16-15(8-11)25-20(29)31-16/h2-5,8-9,27H,6-7H2,1H3,(H,25,29)(H,23,24,26). The van der Waals surface area contributed by atoms with E-state index in [1.807, 2.05) is 0 Å². The van der Waals surface area contributed by atoms with Crippen molar-refractivity contribution in [1.29, 1.82) is 0 Å². The monoisotopic (exact) mass is 426 g/mol. The Morgan fingerprint density at radius 3 is 2.97 bits per heavy atom. The van der Waals surface area contributed by atoms with Crippen molar-refractivity contribution >= 4 is 34.2 Å². The lowest BCUT2D eigenvalue weighted by Crippen LogP contribution is -2.32. The predicted molar refractivity (Wildman–Crippen MR) is 109 cm³/mol. The van der Waals surface area contributed by atoms with Gasteiger partial charge in [0.15, 0.2) is 17.2 Å². The maximum absolute atomic E-state index is 14.8. The third kappa shape index (κ3) is 3.55. The van der Waals surface area contributed by atoms with Gasteiger partial charge in [0, 0.05) is 23.7 Å². The van der Waals surface area contributed by atoms with Crippen molar-refractivity contribution in [3.8, 4) is 0 Å². The second-order valence-corrected chi connectivity index (χ2v) is 6.93. The highest BCUT2D eigenvalue weighted by molar-refractivity contribution is 5.77. The van der Waals surface area contributed by atoms with Crippen LogP contribution in [-0.4, -0.2) is 21.6 Å². The normalized spacial score (nSPS) is 13.6. The van der Waals surface area contributed by atoms with Crippen molar-refractivity contribution in [2.24, 2.45) is 0 Å². The molecule has 2 aromatic carbocycles. The summed E-state index contributed by atoms with van der Waals surface area (Å²) in [5.41, 5.74) is 5.15. The van der Waals surface area contributed by atoms with Crippen LogP contribution in [0.4, 0.5) is 31.9 Å². The Bertz CT molecular complexity index is 1350. The summed E-state index contributed by atoms with van der Waals surface area (Å²) in [5.74, 6) is -1.46. The zero-order valence-electron chi connectivity index (χ0n) is 16.2. The van der Waals surface area contributed by atoms with E-state index in [-0.39, 0.29) is 30.2 Å². The van der Waals surface area contributed by atoms with E-state index in [4.69, 9.17) is 9.25 Å². The number of aryl methyl sites for hydroxylation is 1. The van der Waals surface area contributed by atoms with Crippen molar-refractivity contribution in [3.63, 3.8) is 0 Å². The molecule has 1 aliphatic heterocycles. The first-order valence-corrected chi connectivity index (χ1v) is 9.38. The van der Waals surface area contributed by atoms with Crippen LogP contribution >= 0.6 is 0 Å². The van der Waals surface area contributed by atoms with Crippen LogP contribution in [0.25, 0.3) is 11.1 Å². The highest BCUT2D eigenvalue weighted by Crippen LogP contribution is 2.28. The van der Waals surface area contributed by atoms with Gasteiger partial charge in [0.2, 0.25) is 5.95 Å². The Morgan fingerprint density at radius 1 is 1.23 bits per heavy atom. The number of fused-ring (bicyclic) bond motifs is 5. The van der Waals surface area contributed by atoms with Gasteiger partial charge in [0.1, 0.15) is 5.82 Å². The Morgan fingerprint density at radius 2 is 2.10 bits per heavy atom. The van der Waals surface area contributed by atoms with Crippen molar-refractivity contribution in [3.05, 3.63) is 69.8 Å². The fourth-order valence-corrected chi connectivity index (χ4v) is 3.27. The minimum Gasteiger partial charge on any atom is -0.408 e. The van der Waals surface area contributed by atoms with Gasteiger partial charge in [-0.15, -0.1) is 5.17 Å². The first kappa shape index (κ1) is 19.0. The summed E-state index contributed by atoms with van der Waals surface area (Å²) in [4.78, 5) is 28.4. The number of hydrogen-bond donors (Lipinski definition) is 3. The molecule has 1 aliphatic rings. The van der Waals surface area contributed by atoms with Crippen molar-refractivity contribution in [2.75, 3.05) is 22.5 Å². The average Bonchev–Trinajstić information content (AvgIpc) is 3.11. The lowest BCUT2D eigenvalue weighted by atomic mass is 10.1. The Hall–Kier alpha value is -3.99. The third-order valence-corrected chi connectivity index (χ3v) is 4.79. The number of halogens is 2. The lowest BCUT2D eigenvalue weighted by molar-refractivity contribution is 0.120. The van der Waals surface area contributed by atoms with Gasteiger partial charge in [0.05, 0.1) is 23.5 Å². The van der Waals surface area contributed by atoms with E-state index in [9.17, 15) is 13.6 Å². The maximum Gasteiger partial charge on any atom is 0.417 e. The average molecular weight is 426 g/mol. The first-order valence-electron chi connectivity index (χ1n) is 9.38. The van der Waals surface area contributed by atoms with E-state index < -0.39 is 17.4 Å². The Balaban J connectivity index is 1.54. The Kier molecular flexibility index (Phi) is 4.51. The van der Waals surface area contributed by atoms with E-state index in [2.05, 4.69) is 25.7 Å². The highest BCUT2D eigenvalue weighted by Gasteiger charge is 2.20. The molecule has 158 valence electrons. The van der Waals surface area contributed by atoms with E-state index in [0.29, 0.717) is 28.2 Å². The number of nitrogens with one attached hydrogen (secondary N) is 3. The van der Waals surface area contributed by atoms with Crippen LogP contribution < -0.4 is 21.7 Å². The molecule has 4 aromatic rings. The molecule has 9 nitrogen and oxygen atoms in total. The number of aromatic nitrogens is 3. The number of hydrogen-bond acceptors (Lipinski definition) is 8. The van der Waals surface area contributed by atoms with Crippen LogP contribution in [0.2, 0.25) is 0 Å². The van der Waals surface area contributed by atoms with E-state index in [0.717, 1.165) is 0 Å². The second kappa shape index (κ2) is 7.36. The number of benzene rings is 2. The quantitative estimate of drug-likeness (QED) is 0.447. The molecule has 0 atom stereocenters. The summed E-state index contributed by atoms with van der Waals surface area (Å²) in [6, 6.07) is 7.45. The number of rotatable bonds is 2. The molecule has 2 aromatic heterocycles. The molecule has 0 radical (unpaired) electrons. The lowest BCUT2D eigenvalue weighted by Gasteiger charge is -2.25. The summed E-state index contributed by atoms with van der Waals surface area (Å²) in [6.07, 6.45) is 1.54. The van der Waals surface area contributed by atoms with Gasteiger partial charge < -0.3 is 9.73 Å². The fraction of sp³-hybridized carbons (Fsp3) is 0.150. The van der Waals surface area contributed by atoms with Crippen LogP contribution in [0.15, 0.2) is 45.7 Å². The van der Waals surface area contributed by atoms with Crippen LogP contribution in [0.1, 0.15) is 11.1 Å². The molecule has 0 saturated carbocycles. The van der Waals surface area contributed by atoms with E-state index in [1.165, 1.54) is 17.3 Å². The highest BCUT2D eigenvalue weighted by atomic mass is 19.1. The van der Waals surface area contributed by atoms with E-state index in [1.54, 1.807) is 31.3 Å². The molecule has 0 saturated heterocycles. The summed E-state index contributed by atoms with van der Waals surface area (Å²) in [7, 11) is 0. The summed E-state index contributed by atoms with van der Waals surface area (Å²) in [6.45, 7) is 1.75. The molecular formula is C20H16F2N6O3. The molecule has 0 aliphatic carbocycles. The SMILES string of the molecule is Cc1cnc2nc1N(Nc1ccc3oc(=O)[nH]c3c1)OCCc1c(F)ccc(c1F)N2. The van der Waals surface area contributed by atoms with Crippen molar-refractivity contribution in [2.45, 2.75) is 13.3 Å². The molecule has 0 spiro atoms. The summed E-state index contributed by atoms with van der Waals surface area (Å²) >= 11 is 0. The number of anilines is 4. The van der Waals surface area contributed by atoms with Gasteiger partial charge in [-0.2, -0.15) is 4.98 Å². The third-order valence-electron chi connectivity index (χ3n) is 4.79. The number of oxazole rings is 1. The molecule has 0 fully saturated rings. The van der Waals surface area contributed by atoms with Crippen LogP contribution in [-0.2, 0) is 11.3 Å². The molecule has 31 heavy (non-hydrogen) atoms. The smallest absolute Gasteiger partial charge is 0.408 e. The van der Waals surface area contributed by atoms with Crippen molar-refractivity contribution in [1.82, 2.24) is 15.0 Å². The number of nitrogens with zero attached hydrogens (tertiary/aromatic N) is 3. The zero-order valence-corrected chi connectivity index (χ0v) is 16.2. The molecule has 4 bridgehead atoms. The molecule has 3 heterocycles. The summed E-state index contributed by atoms with van der Waals surface area (Å²) in [5, 5.41) is 4.09. The second-order valence-electron chi connectivity index (χ2n) is 6.93. The van der Waals surface area contributed by atoms with Gasteiger partial charge in [-0.25, -0.2) is 18.6 Å². The first-order chi connectivity index (χ1) is 15.0. The summed E-state index contributed by atoms with van der Waals surface area (Å²) < 4.78 is 33.9. The van der Waals surface area contributed by atoms with Gasteiger partial charge in [0.25, 0.3) is 0 Å². The predicted octanol–water partition coefficient (Wildman–Crippen LogP) is 3.56.